The summed E-state index contributed by atoms with van der Waals surface area (Å²) in [4.78, 5) is 27.7. The van der Waals surface area contributed by atoms with Crippen molar-refractivity contribution >= 4 is 35.1 Å². The van der Waals surface area contributed by atoms with E-state index in [9.17, 15) is 9.59 Å². The third kappa shape index (κ3) is 4.01. The van der Waals surface area contributed by atoms with Gasteiger partial charge in [0.2, 0.25) is 5.91 Å². The predicted molar refractivity (Wildman–Crippen MR) is 102 cm³/mol. The van der Waals surface area contributed by atoms with Crippen molar-refractivity contribution in [3.63, 3.8) is 0 Å². The van der Waals surface area contributed by atoms with Crippen LogP contribution in [0.5, 0.6) is 0 Å². The molecule has 3 aliphatic rings. The van der Waals surface area contributed by atoms with Gasteiger partial charge in [0.15, 0.2) is 0 Å². The Hall–Kier alpha value is -1.94. The zero-order valence-corrected chi connectivity index (χ0v) is 16.1. The SMILES string of the molecule is O=C1CO[C@H]2CCN(C(=O)N3CC(C#Cc4ccc(Cl)cc4Cl)C3)C[C@H]2N1. The molecule has 1 N–H and O–H groups in total. The lowest BCUT2D eigenvalue weighted by molar-refractivity contribution is -0.139. The molecule has 0 saturated carbocycles. The van der Waals surface area contributed by atoms with E-state index in [1.807, 2.05) is 0 Å². The second-order valence-corrected chi connectivity index (χ2v) is 7.88. The van der Waals surface area contributed by atoms with Crippen LogP contribution in [-0.4, -0.2) is 66.7 Å². The van der Waals surface area contributed by atoms with E-state index < -0.39 is 0 Å². The number of fused-ring (bicyclic) bond motifs is 1. The van der Waals surface area contributed by atoms with Crippen LogP contribution in [0, 0.1) is 17.8 Å². The minimum absolute atomic E-state index is 0.00384. The Labute approximate surface area is 167 Å². The molecule has 3 aliphatic heterocycles. The maximum atomic E-state index is 12.7. The van der Waals surface area contributed by atoms with Gasteiger partial charge in [-0.25, -0.2) is 4.79 Å². The summed E-state index contributed by atoms with van der Waals surface area (Å²) in [6.45, 7) is 2.44. The largest absolute Gasteiger partial charge is 0.366 e. The number of rotatable bonds is 0. The normalized spacial score (nSPS) is 25.0. The number of urea groups is 1. The fourth-order valence-corrected chi connectivity index (χ4v) is 4.03. The van der Waals surface area contributed by atoms with E-state index in [1.165, 1.54) is 0 Å². The minimum atomic E-state index is -0.120. The summed E-state index contributed by atoms with van der Waals surface area (Å²) < 4.78 is 5.53. The summed E-state index contributed by atoms with van der Waals surface area (Å²) in [5, 5.41) is 4.02. The molecule has 0 spiro atoms. The van der Waals surface area contributed by atoms with Crippen LogP contribution in [0.3, 0.4) is 0 Å². The number of hydrogen-bond donors (Lipinski definition) is 1. The number of carbonyl (C=O) groups is 2. The van der Waals surface area contributed by atoms with Gasteiger partial charge in [-0.2, -0.15) is 0 Å². The van der Waals surface area contributed by atoms with Gasteiger partial charge in [0.1, 0.15) is 6.61 Å². The topological polar surface area (TPSA) is 61.9 Å². The molecule has 8 heteroatoms. The summed E-state index contributed by atoms with van der Waals surface area (Å²) in [6.07, 6.45) is 0.744. The maximum absolute atomic E-state index is 12.7. The molecule has 27 heavy (non-hydrogen) atoms. The van der Waals surface area contributed by atoms with Crippen LogP contribution < -0.4 is 5.32 Å². The summed E-state index contributed by atoms with van der Waals surface area (Å²) in [5.41, 5.74) is 0.737. The van der Waals surface area contributed by atoms with E-state index in [-0.39, 0.29) is 36.6 Å². The number of nitrogens with one attached hydrogen (secondary N) is 1. The molecule has 0 aromatic heterocycles. The van der Waals surface area contributed by atoms with E-state index in [0.29, 0.717) is 36.2 Å². The van der Waals surface area contributed by atoms with Crippen LogP contribution in [0.15, 0.2) is 18.2 Å². The molecule has 3 amide bonds. The van der Waals surface area contributed by atoms with Crippen LogP contribution in [0.2, 0.25) is 10.0 Å². The Morgan fingerprint density at radius 3 is 2.81 bits per heavy atom. The lowest BCUT2D eigenvalue weighted by Crippen LogP contribution is -2.64. The first kappa shape index (κ1) is 18.4. The first-order valence-corrected chi connectivity index (χ1v) is 9.66. The van der Waals surface area contributed by atoms with Gasteiger partial charge in [0.05, 0.1) is 23.1 Å². The molecule has 4 rings (SSSR count). The van der Waals surface area contributed by atoms with Gasteiger partial charge in [-0.15, -0.1) is 0 Å². The van der Waals surface area contributed by atoms with Crippen molar-refractivity contribution in [1.82, 2.24) is 15.1 Å². The number of morpholine rings is 1. The number of hydrogen-bond acceptors (Lipinski definition) is 3. The van der Waals surface area contributed by atoms with Crippen molar-refractivity contribution in [3.8, 4) is 11.8 Å². The van der Waals surface area contributed by atoms with Gasteiger partial charge in [-0.3, -0.25) is 4.79 Å². The second kappa shape index (κ2) is 7.59. The zero-order chi connectivity index (χ0) is 19.0. The molecular formula is C19H19Cl2N3O3. The number of ether oxygens (including phenoxy) is 1. The highest BCUT2D eigenvalue weighted by Gasteiger charge is 2.39. The average Bonchev–Trinajstić information content (AvgIpc) is 2.61. The minimum Gasteiger partial charge on any atom is -0.366 e. The summed E-state index contributed by atoms with van der Waals surface area (Å²) in [5.74, 6) is 6.25. The summed E-state index contributed by atoms with van der Waals surface area (Å²) in [6, 6.07) is 5.10. The summed E-state index contributed by atoms with van der Waals surface area (Å²) in [7, 11) is 0. The van der Waals surface area contributed by atoms with Gasteiger partial charge >= 0.3 is 6.03 Å². The predicted octanol–water partition coefficient (Wildman–Crippen LogP) is 1.99. The molecule has 0 radical (unpaired) electrons. The molecule has 6 nitrogen and oxygen atoms in total. The van der Waals surface area contributed by atoms with Gasteiger partial charge in [0, 0.05) is 36.8 Å². The van der Waals surface area contributed by atoms with E-state index in [1.54, 1.807) is 28.0 Å². The Bertz CT molecular complexity index is 829. The van der Waals surface area contributed by atoms with Crippen molar-refractivity contribution in [2.24, 2.45) is 5.92 Å². The fraction of sp³-hybridized carbons (Fsp3) is 0.474. The lowest BCUT2D eigenvalue weighted by Gasteiger charge is -2.45. The van der Waals surface area contributed by atoms with Crippen LogP contribution in [0.1, 0.15) is 12.0 Å². The van der Waals surface area contributed by atoms with E-state index >= 15 is 0 Å². The Morgan fingerprint density at radius 2 is 2.04 bits per heavy atom. The third-order valence-corrected chi connectivity index (χ3v) is 5.64. The van der Waals surface area contributed by atoms with Crippen LogP contribution in [-0.2, 0) is 9.53 Å². The first-order valence-electron chi connectivity index (χ1n) is 8.91. The quantitative estimate of drug-likeness (QED) is 0.668. The number of amides is 3. The molecule has 0 aliphatic carbocycles. The Balaban J connectivity index is 1.30. The molecule has 142 valence electrons. The van der Waals surface area contributed by atoms with Gasteiger partial charge in [-0.05, 0) is 24.6 Å². The molecule has 3 saturated heterocycles. The standard InChI is InChI=1S/C19H19Cl2N3O3/c20-14-4-3-13(15(21)7-14)2-1-12-8-24(9-12)19(26)23-6-5-17-16(10-23)22-18(25)11-27-17/h3-4,7,12,16-17H,5-6,8-11H2,(H,22,25)/t16-,17+/m1/s1. The molecule has 0 unspecified atom stereocenters. The Kier molecular flexibility index (Phi) is 5.18. The average molecular weight is 408 g/mol. The number of nitrogens with zero attached hydrogens (tertiary/aromatic N) is 2. The van der Waals surface area contributed by atoms with E-state index in [4.69, 9.17) is 27.9 Å². The summed E-state index contributed by atoms with van der Waals surface area (Å²) >= 11 is 12.0. The highest BCUT2D eigenvalue weighted by atomic mass is 35.5. The molecule has 2 atom stereocenters. The monoisotopic (exact) mass is 407 g/mol. The number of halogens is 2. The van der Waals surface area contributed by atoms with Crippen molar-refractivity contribution in [2.75, 3.05) is 32.8 Å². The Morgan fingerprint density at radius 1 is 1.22 bits per heavy atom. The van der Waals surface area contributed by atoms with Crippen molar-refractivity contribution in [3.05, 3.63) is 33.8 Å². The highest BCUT2D eigenvalue weighted by molar-refractivity contribution is 6.35. The number of piperidine rings is 1. The molecule has 3 fully saturated rings. The van der Waals surface area contributed by atoms with E-state index in [2.05, 4.69) is 17.2 Å². The van der Waals surface area contributed by atoms with Crippen molar-refractivity contribution in [2.45, 2.75) is 18.6 Å². The number of likely N-dealkylation sites (tertiary alicyclic amines) is 2. The number of carbonyl (C=O) groups excluding carboxylic acids is 2. The molecule has 3 heterocycles. The maximum Gasteiger partial charge on any atom is 0.320 e. The van der Waals surface area contributed by atoms with Crippen LogP contribution in [0.4, 0.5) is 4.79 Å². The first-order chi connectivity index (χ1) is 13.0. The molecular weight excluding hydrogens is 389 g/mol. The lowest BCUT2D eigenvalue weighted by atomic mass is 9.99. The van der Waals surface area contributed by atoms with Crippen molar-refractivity contribution in [1.29, 1.82) is 0 Å². The highest BCUT2D eigenvalue weighted by Crippen LogP contribution is 2.23. The van der Waals surface area contributed by atoms with Gasteiger partial charge in [-0.1, -0.05) is 35.0 Å². The van der Waals surface area contributed by atoms with E-state index in [0.717, 1.165) is 12.0 Å². The fourth-order valence-electron chi connectivity index (χ4n) is 3.57. The van der Waals surface area contributed by atoms with Crippen molar-refractivity contribution < 1.29 is 14.3 Å². The van der Waals surface area contributed by atoms with Crippen LogP contribution >= 0.6 is 23.2 Å². The van der Waals surface area contributed by atoms with Gasteiger partial charge < -0.3 is 19.9 Å². The molecule has 0 bridgehead atoms. The smallest absolute Gasteiger partial charge is 0.320 e. The third-order valence-electron chi connectivity index (χ3n) is 5.09. The molecule has 1 aromatic rings. The van der Waals surface area contributed by atoms with Crippen LogP contribution in [0.25, 0.3) is 0 Å². The second-order valence-electron chi connectivity index (χ2n) is 7.04. The molecule has 1 aromatic carbocycles. The zero-order valence-electron chi connectivity index (χ0n) is 14.6. The number of benzene rings is 1. The van der Waals surface area contributed by atoms with Gasteiger partial charge in [0.25, 0.3) is 0 Å².